The number of carbonyl (C=O) groups is 3. The minimum atomic E-state index is -1.03. The van der Waals surface area contributed by atoms with Gasteiger partial charge in [-0.2, -0.15) is 0 Å². The van der Waals surface area contributed by atoms with Gasteiger partial charge in [-0.05, 0) is 6.92 Å². The largest absolute Gasteiger partial charge is 0.481 e. The number of rotatable bonds is 4. The Balaban J connectivity index is 2.60. The van der Waals surface area contributed by atoms with Crippen LogP contribution in [0.3, 0.4) is 0 Å². The Bertz CT molecular complexity index is 288. The number of hydrogen-bond acceptors (Lipinski definition) is 5. The molecule has 0 aromatic rings. The zero-order valence-corrected chi connectivity index (χ0v) is 9.08. The molecular weight excluding hydrogens is 220 g/mol. The van der Waals surface area contributed by atoms with Gasteiger partial charge in [0.25, 0.3) is 0 Å². The molecule has 1 aliphatic heterocycles. The minimum Gasteiger partial charge on any atom is -0.481 e. The second-order valence-corrected chi connectivity index (χ2v) is 4.21. The van der Waals surface area contributed by atoms with Crippen molar-refractivity contribution in [1.29, 1.82) is 0 Å². The van der Waals surface area contributed by atoms with E-state index in [1.165, 1.54) is 0 Å². The van der Waals surface area contributed by atoms with Gasteiger partial charge in [0.1, 0.15) is 0 Å². The molecule has 0 aromatic carbocycles. The summed E-state index contributed by atoms with van der Waals surface area (Å²) < 4.78 is 4.69. The Kier molecular flexibility index (Phi) is 4.14. The average molecular weight is 232 g/mol. The van der Waals surface area contributed by atoms with E-state index >= 15 is 0 Å². The molecule has 0 aliphatic carbocycles. The van der Waals surface area contributed by atoms with E-state index in [9.17, 15) is 14.4 Å². The molecule has 1 heterocycles. The van der Waals surface area contributed by atoms with Crippen molar-refractivity contribution >= 4 is 28.8 Å². The summed E-state index contributed by atoms with van der Waals surface area (Å²) in [6.07, 6.45) is -0.128. The summed E-state index contributed by atoms with van der Waals surface area (Å²) in [5, 5.41) is 8.60. The summed E-state index contributed by atoms with van der Waals surface area (Å²) in [6.45, 7) is 1.91. The molecule has 1 saturated heterocycles. The van der Waals surface area contributed by atoms with Crippen LogP contribution in [0.25, 0.3) is 0 Å². The van der Waals surface area contributed by atoms with Crippen LogP contribution in [0.15, 0.2) is 0 Å². The molecule has 1 aliphatic rings. The van der Waals surface area contributed by atoms with Crippen molar-refractivity contribution in [3.8, 4) is 0 Å². The highest BCUT2D eigenvalue weighted by molar-refractivity contribution is 8.14. The topological polar surface area (TPSA) is 80.7 Å². The Morgan fingerprint density at radius 3 is 2.80 bits per heavy atom. The number of esters is 1. The number of carboxylic acids is 1. The average Bonchev–Trinajstić information content (AvgIpc) is 2.48. The highest BCUT2D eigenvalue weighted by Gasteiger charge is 2.41. The van der Waals surface area contributed by atoms with Gasteiger partial charge in [0, 0.05) is 5.75 Å². The van der Waals surface area contributed by atoms with Crippen molar-refractivity contribution in [2.75, 3.05) is 12.4 Å². The molecule has 1 fully saturated rings. The lowest BCUT2D eigenvalue weighted by Crippen LogP contribution is -2.26. The molecule has 0 radical (unpaired) electrons. The third kappa shape index (κ3) is 2.95. The van der Waals surface area contributed by atoms with Crippen LogP contribution in [0.4, 0.5) is 0 Å². The zero-order chi connectivity index (χ0) is 11.4. The second kappa shape index (κ2) is 5.16. The lowest BCUT2D eigenvalue weighted by Gasteiger charge is -2.11. The van der Waals surface area contributed by atoms with Crippen LogP contribution in [0, 0.1) is 11.8 Å². The van der Waals surface area contributed by atoms with E-state index < -0.39 is 23.8 Å². The van der Waals surface area contributed by atoms with Crippen molar-refractivity contribution < 1.29 is 24.2 Å². The molecule has 1 rings (SSSR count). The van der Waals surface area contributed by atoms with Crippen molar-refractivity contribution in [1.82, 2.24) is 0 Å². The maximum atomic E-state index is 11.3. The first-order valence-electron chi connectivity index (χ1n) is 4.61. The Labute approximate surface area is 91.2 Å². The molecule has 15 heavy (non-hydrogen) atoms. The normalized spacial score (nSPS) is 25.3. The molecule has 5 nitrogen and oxygen atoms in total. The SMILES string of the molecule is CCOC(=O)CC1C(=O)SCC1C(=O)O. The van der Waals surface area contributed by atoms with Gasteiger partial charge in [-0.25, -0.2) is 0 Å². The van der Waals surface area contributed by atoms with Crippen molar-refractivity contribution in [3.63, 3.8) is 0 Å². The monoisotopic (exact) mass is 232 g/mol. The van der Waals surface area contributed by atoms with Crippen LogP contribution in [-0.2, 0) is 19.1 Å². The molecule has 6 heteroatoms. The van der Waals surface area contributed by atoms with Crippen LogP contribution in [-0.4, -0.2) is 34.5 Å². The van der Waals surface area contributed by atoms with Gasteiger partial charge < -0.3 is 9.84 Å². The summed E-state index contributed by atoms with van der Waals surface area (Å²) in [7, 11) is 0. The summed E-state index contributed by atoms with van der Waals surface area (Å²) >= 11 is 0.974. The summed E-state index contributed by atoms with van der Waals surface area (Å²) in [4.78, 5) is 33.2. The standard InChI is InChI=1S/C9H12O5S/c1-2-14-7(10)3-5-6(8(11)12)4-15-9(5)13/h5-6H,2-4H2,1H3,(H,11,12). The third-order valence-electron chi connectivity index (χ3n) is 2.20. The summed E-state index contributed by atoms with van der Waals surface area (Å²) in [5.41, 5.74) is 0. The highest BCUT2D eigenvalue weighted by atomic mass is 32.2. The van der Waals surface area contributed by atoms with Gasteiger partial charge in [0.05, 0.1) is 24.9 Å². The van der Waals surface area contributed by atoms with Crippen molar-refractivity contribution in [2.45, 2.75) is 13.3 Å². The molecular formula is C9H12O5S. The Hall–Kier alpha value is -1.04. The number of carboxylic acid groups (broad SMARTS) is 1. The van der Waals surface area contributed by atoms with Crippen LogP contribution in [0.1, 0.15) is 13.3 Å². The first kappa shape index (κ1) is 12.0. The van der Waals surface area contributed by atoms with Gasteiger partial charge in [0.15, 0.2) is 5.12 Å². The van der Waals surface area contributed by atoms with Crippen LogP contribution < -0.4 is 0 Å². The Morgan fingerprint density at radius 1 is 1.60 bits per heavy atom. The van der Waals surface area contributed by atoms with E-state index in [0.717, 1.165) is 11.8 Å². The van der Waals surface area contributed by atoms with Gasteiger partial charge in [0.2, 0.25) is 0 Å². The Morgan fingerprint density at radius 2 is 2.27 bits per heavy atom. The van der Waals surface area contributed by atoms with Gasteiger partial charge in [-0.15, -0.1) is 0 Å². The minimum absolute atomic E-state index is 0.128. The van der Waals surface area contributed by atoms with E-state index in [4.69, 9.17) is 5.11 Å². The number of aliphatic carboxylic acids is 1. The summed E-state index contributed by atoms with van der Waals surface area (Å²) in [6, 6.07) is 0. The molecule has 0 bridgehead atoms. The van der Waals surface area contributed by atoms with E-state index in [-0.39, 0.29) is 23.9 Å². The van der Waals surface area contributed by atoms with Gasteiger partial charge in [-0.3, -0.25) is 14.4 Å². The summed E-state index contributed by atoms with van der Waals surface area (Å²) in [5.74, 6) is -2.77. The molecule has 0 aromatic heterocycles. The van der Waals surface area contributed by atoms with Crippen molar-refractivity contribution in [3.05, 3.63) is 0 Å². The number of thioether (sulfide) groups is 1. The molecule has 84 valence electrons. The fourth-order valence-electron chi connectivity index (χ4n) is 1.43. The molecule has 0 saturated carbocycles. The molecule has 0 amide bonds. The number of hydrogen-bond donors (Lipinski definition) is 1. The quantitative estimate of drug-likeness (QED) is 0.712. The van der Waals surface area contributed by atoms with Crippen molar-refractivity contribution in [2.24, 2.45) is 11.8 Å². The van der Waals surface area contributed by atoms with E-state index in [1.54, 1.807) is 6.92 Å². The fraction of sp³-hybridized carbons (Fsp3) is 0.667. The number of carbonyl (C=O) groups excluding carboxylic acids is 2. The third-order valence-corrected chi connectivity index (χ3v) is 3.32. The van der Waals surface area contributed by atoms with Crippen LogP contribution >= 0.6 is 11.8 Å². The lowest BCUT2D eigenvalue weighted by molar-refractivity contribution is -0.148. The first-order valence-corrected chi connectivity index (χ1v) is 5.60. The van der Waals surface area contributed by atoms with Crippen LogP contribution in [0.2, 0.25) is 0 Å². The predicted molar refractivity (Wildman–Crippen MR) is 53.3 cm³/mol. The maximum Gasteiger partial charge on any atom is 0.308 e. The van der Waals surface area contributed by atoms with E-state index in [1.807, 2.05) is 0 Å². The van der Waals surface area contributed by atoms with Gasteiger partial charge >= 0.3 is 11.9 Å². The van der Waals surface area contributed by atoms with Gasteiger partial charge in [-0.1, -0.05) is 11.8 Å². The number of ether oxygens (including phenoxy) is 1. The zero-order valence-electron chi connectivity index (χ0n) is 8.26. The molecule has 0 spiro atoms. The van der Waals surface area contributed by atoms with Crippen LogP contribution in [0.5, 0.6) is 0 Å². The molecule has 2 unspecified atom stereocenters. The fourth-order valence-corrected chi connectivity index (χ4v) is 2.61. The molecule has 2 atom stereocenters. The molecule has 1 N–H and O–H groups in total. The van der Waals surface area contributed by atoms with E-state index in [2.05, 4.69) is 4.74 Å². The van der Waals surface area contributed by atoms with E-state index in [0.29, 0.717) is 0 Å². The highest BCUT2D eigenvalue weighted by Crippen LogP contribution is 2.34. The lowest BCUT2D eigenvalue weighted by atomic mass is 9.92. The maximum absolute atomic E-state index is 11.3. The second-order valence-electron chi connectivity index (χ2n) is 3.19. The smallest absolute Gasteiger partial charge is 0.308 e. The first-order chi connectivity index (χ1) is 7.06. The predicted octanol–water partition coefficient (Wildman–Crippen LogP) is 0.530.